The van der Waals surface area contributed by atoms with E-state index >= 15 is 0 Å². The molecule has 1 N–H and O–H groups in total. The van der Waals surface area contributed by atoms with Crippen LogP contribution in [0.4, 0.5) is 0 Å². The molecule has 0 radical (unpaired) electrons. The van der Waals surface area contributed by atoms with Crippen molar-refractivity contribution in [1.82, 2.24) is 0 Å². The molecule has 88 valence electrons. The fourth-order valence-corrected chi connectivity index (χ4v) is 1.89. The summed E-state index contributed by atoms with van der Waals surface area (Å²) in [5.74, 6) is 0.526. The van der Waals surface area contributed by atoms with Gasteiger partial charge in [0.15, 0.2) is 0 Å². The molecule has 0 aromatic heterocycles. The van der Waals surface area contributed by atoms with Crippen molar-refractivity contribution in [1.29, 1.82) is 0 Å². The summed E-state index contributed by atoms with van der Waals surface area (Å²) < 4.78 is 0. The van der Waals surface area contributed by atoms with E-state index in [2.05, 4.69) is 26.0 Å². The minimum Gasteiger partial charge on any atom is -0.384 e. The highest BCUT2D eigenvalue weighted by atomic mass is 16.3. The maximum Gasteiger partial charge on any atom is 0.104 e. The van der Waals surface area contributed by atoms with Gasteiger partial charge in [-0.15, -0.1) is 0 Å². The summed E-state index contributed by atoms with van der Waals surface area (Å²) in [6.07, 6.45) is -0.530. The van der Waals surface area contributed by atoms with Crippen LogP contribution in [0.15, 0.2) is 54.6 Å². The Labute approximate surface area is 103 Å². The molecular formula is C16H18O. The zero-order chi connectivity index (χ0) is 12.3. The lowest BCUT2D eigenvalue weighted by Gasteiger charge is -2.13. The second-order valence-corrected chi connectivity index (χ2v) is 4.63. The highest BCUT2D eigenvalue weighted by molar-refractivity contribution is 5.32. The van der Waals surface area contributed by atoms with Crippen LogP contribution in [-0.2, 0) is 0 Å². The van der Waals surface area contributed by atoms with Crippen LogP contribution in [0.25, 0.3) is 0 Å². The van der Waals surface area contributed by atoms with Gasteiger partial charge in [-0.2, -0.15) is 0 Å². The highest BCUT2D eigenvalue weighted by Gasteiger charge is 2.09. The van der Waals surface area contributed by atoms with Gasteiger partial charge in [-0.05, 0) is 22.6 Å². The molecule has 1 nitrogen and oxygen atoms in total. The van der Waals surface area contributed by atoms with E-state index in [1.165, 1.54) is 5.56 Å². The molecule has 0 bridgehead atoms. The molecule has 2 rings (SSSR count). The summed E-state index contributed by atoms with van der Waals surface area (Å²) in [4.78, 5) is 0. The lowest BCUT2D eigenvalue weighted by Crippen LogP contribution is -1.99. The van der Waals surface area contributed by atoms with Crippen molar-refractivity contribution in [3.8, 4) is 0 Å². The molecule has 2 aromatic carbocycles. The fourth-order valence-electron chi connectivity index (χ4n) is 1.89. The van der Waals surface area contributed by atoms with Crippen LogP contribution in [0.1, 0.15) is 42.6 Å². The molecule has 0 heterocycles. The first-order valence-electron chi connectivity index (χ1n) is 6.01. The number of benzene rings is 2. The van der Waals surface area contributed by atoms with Gasteiger partial charge in [-0.3, -0.25) is 0 Å². The Morgan fingerprint density at radius 2 is 1.18 bits per heavy atom. The van der Waals surface area contributed by atoms with E-state index < -0.39 is 6.10 Å². The van der Waals surface area contributed by atoms with E-state index in [0.717, 1.165) is 11.1 Å². The van der Waals surface area contributed by atoms with Crippen molar-refractivity contribution in [2.24, 2.45) is 0 Å². The van der Waals surface area contributed by atoms with Gasteiger partial charge in [0.2, 0.25) is 0 Å². The van der Waals surface area contributed by atoms with Crippen LogP contribution >= 0.6 is 0 Å². The van der Waals surface area contributed by atoms with Gasteiger partial charge in [-0.25, -0.2) is 0 Å². The first-order chi connectivity index (χ1) is 8.18. The van der Waals surface area contributed by atoms with E-state index in [9.17, 15) is 5.11 Å². The van der Waals surface area contributed by atoms with Crippen LogP contribution in [0.3, 0.4) is 0 Å². The van der Waals surface area contributed by atoms with Crippen LogP contribution in [0.2, 0.25) is 0 Å². The molecule has 0 spiro atoms. The maximum atomic E-state index is 10.2. The SMILES string of the molecule is CC(C)c1ccc([C@@H](O)c2ccccc2)cc1. The number of hydrogen-bond donors (Lipinski definition) is 1. The standard InChI is InChI=1S/C16H18O/c1-12(2)13-8-10-15(11-9-13)16(17)14-6-4-3-5-7-14/h3-12,16-17H,1-2H3/t16-/m0/s1. The van der Waals surface area contributed by atoms with Crippen molar-refractivity contribution >= 4 is 0 Å². The molecule has 0 fully saturated rings. The van der Waals surface area contributed by atoms with Gasteiger partial charge < -0.3 is 5.11 Å². The van der Waals surface area contributed by atoms with Crippen molar-refractivity contribution in [3.05, 3.63) is 71.3 Å². The van der Waals surface area contributed by atoms with Gasteiger partial charge in [0, 0.05) is 0 Å². The number of hydrogen-bond acceptors (Lipinski definition) is 1. The Morgan fingerprint density at radius 3 is 1.71 bits per heavy atom. The zero-order valence-corrected chi connectivity index (χ0v) is 10.3. The van der Waals surface area contributed by atoms with Gasteiger partial charge in [-0.1, -0.05) is 68.4 Å². The summed E-state index contributed by atoms with van der Waals surface area (Å²) in [5, 5.41) is 10.2. The second kappa shape index (κ2) is 5.15. The van der Waals surface area contributed by atoms with E-state index in [4.69, 9.17) is 0 Å². The molecule has 17 heavy (non-hydrogen) atoms. The fraction of sp³-hybridized carbons (Fsp3) is 0.250. The summed E-state index contributed by atoms with van der Waals surface area (Å²) >= 11 is 0. The molecule has 0 aliphatic heterocycles. The topological polar surface area (TPSA) is 20.2 Å². The maximum absolute atomic E-state index is 10.2. The lowest BCUT2D eigenvalue weighted by atomic mass is 9.97. The van der Waals surface area contributed by atoms with E-state index in [-0.39, 0.29) is 0 Å². The third kappa shape index (κ3) is 2.75. The Balaban J connectivity index is 2.23. The molecular weight excluding hydrogens is 208 g/mol. The van der Waals surface area contributed by atoms with E-state index in [1.807, 2.05) is 42.5 Å². The molecule has 1 atom stereocenters. The smallest absolute Gasteiger partial charge is 0.104 e. The Bertz CT molecular complexity index is 457. The largest absolute Gasteiger partial charge is 0.384 e. The van der Waals surface area contributed by atoms with E-state index in [0.29, 0.717) is 5.92 Å². The van der Waals surface area contributed by atoms with Crippen molar-refractivity contribution in [2.45, 2.75) is 25.9 Å². The molecule has 0 saturated carbocycles. The molecule has 0 amide bonds. The predicted molar refractivity (Wildman–Crippen MR) is 71.0 cm³/mol. The molecule has 0 aliphatic rings. The quantitative estimate of drug-likeness (QED) is 0.841. The van der Waals surface area contributed by atoms with Crippen molar-refractivity contribution in [2.75, 3.05) is 0 Å². The Morgan fingerprint density at radius 1 is 0.706 bits per heavy atom. The first-order valence-corrected chi connectivity index (χ1v) is 6.01. The first kappa shape index (κ1) is 11.9. The van der Waals surface area contributed by atoms with Gasteiger partial charge in [0.25, 0.3) is 0 Å². The summed E-state index contributed by atoms with van der Waals surface area (Å²) in [7, 11) is 0. The highest BCUT2D eigenvalue weighted by Crippen LogP contribution is 2.23. The second-order valence-electron chi connectivity index (χ2n) is 4.63. The average Bonchev–Trinajstić information content (AvgIpc) is 2.39. The van der Waals surface area contributed by atoms with Crippen LogP contribution in [0.5, 0.6) is 0 Å². The Hall–Kier alpha value is -1.60. The number of aliphatic hydroxyl groups is 1. The summed E-state index contributed by atoms with van der Waals surface area (Å²) in [6, 6.07) is 17.9. The molecule has 2 aromatic rings. The third-order valence-corrected chi connectivity index (χ3v) is 3.03. The van der Waals surface area contributed by atoms with Crippen LogP contribution in [0, 0.1) is 0 Å². The molecule has 1 heteroatoms. The van der Waals surface area contributed by atoms with Crippen LogP contribution in [-0.4, -0.2) is 5.11 Å². The normalized spacial score (nSPS) is 12.7. The number of aliphatic hydroxyl groups excluding tert-OH is 1. The predicted octanol–water partition coefficient (Wildman–Crippen LogP) is 3.89. The third-order valence-electron chi connectivity index (χ3n) is 3.03. The van der Waals surface area contributed by atoms with Crippen molar-refractivity contribution < 1.29 is 5.11 Å². The van der Waals surface area contributed by atoms with E-state index in [1.54, 1.807) is 0 Å². The monoisotopic (exact) mass is 226 g/mol. The minimum atomic E-state index is -0.530. The zero-order valence-electron chi connectivity index (χ0n) is 10.3. The van der Waals surface area contributed by atoms with Gasteiger partial charge in [0.05, 0.1) is 0 Å². The van der Waals surface area contributed by atoms with Gasteiger partial charge >= 0.3 is 0 Å². The molecule has 0 aliphatic carbocycles. The van der Waals surface area contributed by atoms with Crippen molar-refractivity contribution in [3.63, 3.8) is 0 Å². The minimum absolute atomic E-state index is 0.526. The summed E-state index contributed by atoms with van der Waals surface area (Å²) in [6.45, 7) is 4.34. The summed E-state index contributed by atoms with van der Waals surface area (Å²) in [5.41, 5.74) is 3.18. The average molecular weight is 226 g/mol. The molecule has 0 saturated heterocycles. The Kier molecular flexibility index (Phi) is 3.60. The molecule has 0 unspecified atom stereocenters. The lowest BCUT2D eigenvalue weighted by molar-refractivity contribution is 0.220. The number of rotatable bonds is 3. The van der Waals surface area contributed by atoms with Gasteiger partial charge in [0.1, 0.15) is 6.10 Å². The van der Waals surface area contributed by atoms with Crippen LogP contribution < -0.4 is 0 Å².